The number of rotatable bonds is 6. The van der Waals surface area contributed by atoms with E-state index in [2.05, 4.69) is 14.9 Å². The van der Waals surface area contributed by atoms with Gasteiger partial charge in [-0.25, -0.2) is 13.1 Å². The number of piperidine rings is 1. The van der Waals surface area contributed by atoms with Crippen molar-refractivity contribution < 1.29 is 8.42 Å². The van der Waals surface area contributed by atoms with Crippen LogP contribution >= 0.6 is 0 Å². The molecule has 0 amide bonds. The summed E-state index contributed by atoms with van der Waals surface area (Å²) in [6, 6.07) is 0.546. The first-order valence-electron chi connectivity index (χ1n) is 7.50. The van der Waals surface area contributed by atoms with E-state index in [4.69, 9.17) is 0 Å². The van der Waals surface area contributed by atoms with E-state index in [-0.39, 0.29) is 11.3 Å². The second-order valence-corrected chi connectivity index (χ2v) is 7.91. The Balaban J connectivity index is 1.92. The van der Waals surface area contributed by atoms with E-state index in [1.807, 2.05) is 6.92 Å². The summed E-state index contributed by atoms with van der Waals surface area (Å²) in [6.07, 6.45) is 4.58. The van der Waals surface area contributed by atoms with Gasteiger partial charge in [-0.05, 0) is 39.3 Å². The fourth-order valence-corrected chi connectivity index (χ4v) is 4.44. The van der Waals surface area contributed by atoms with Gasteiger partial charge < -0.3 is 5.32 Å². The smallest absolute Gasteiger partial charge is 0.215 e. The molecule has 112 valence electrons. The summed E-state index contributed by atoms with van der Waals surface area (Å²) in [5.41, 5.74) is 0. The summed E-state index contributed by atoms with van der Waals surface area (Å²) in [6.45, 7) is 7.27. The molecular weight excluding hydrogens is 262 g/mol. The zero-order chi connectivity index (χ0) is 13.9. The standard InChI is InChI=1S/C13H27N3O2S/c1-3-14-10-11(2)19(17,18)15-12-7-9-16-8-5-4-6-13(12)16/h11-15H,3-10H2,1-2H3. The van der Waals surface area contributed by atoms with Crippen LogP contribution in [0.1, 0.15) is 39.5 Å². The van der Waals surface area contributed by atoms with Crippen molar-refractivity contribution in [2.75, 3.05) is 26.2 Å². The van der Waals surface area contributed by atoms with Crippen molar-refractivity contribution >= 4 is 10.0 Å². The molecule has 0 radical (unpaired) electrons. The van der Waals surface area contributed by atoms with Gasteiger partial charge in [0.25, 0.3) is 0 Å². The summed E-state index contributed by atoms with van der Waals surface area (Å²) >= 11 is 0. The highest BCUT2D eigenvalue weighted by molar-refractivity contribution is 7.90. The van der Waals surface area contributed by atoms with Gasteiger partial charge in [-0.15, -0.1) is 0 Å². The molecule has 0 spiro atoms. The molecule has 2 heterocycles. The third-order valence-electron chi connectivity index (χ3n) is 4.38. The first-order chi connectivity index (χ1) is 9.04. The van der Waals surface area contributed by atoms with Crippen LogP contribution < -0.4 is 10.0 Å². The van der Waals surface area contributed by atoms with Crippen LogP contribution in [0.15, 0.2) is 0 Å². The summed E-state index contributed by atoms with van der Waals surface area (Å²) < 4.78 is 27.5. The highest BCUT2D eigenvalue weighted by Gasteiger charge is 2.38. The third-order valence-corrected chi connectivity index (χ3v) is 6.24. The molecule has 0 aliphatic carbocycles. The topological polar surface area (TPSA) is 61.4 Å². The van der Waals surface area contributed by atoms with Crippen LogP contribution in [-0.2, 0) is 10.0 Å². The van der Waals surface area contributed by atoms with E-state index in [0.29, 0.717) is 12.6 Å². The Kier molecular flexibility index (Phi) is 5.22. The van der Waals surface area contributed by atoms with Gasteiger partial charge in [-0.1, -0.05) is 13.3 Å². The molecule has 2 N–H and O–H groups in total. The molecule has 19 heavy (non-hydrogen) atoms. The van der Waals surface area contributed by atoms with Crippen LogP contribution in [0.3, 0.4) is 0 Å². The lowest BCUT2D eigenvalue weighted by Gasteiger charge is -2.32. The molecule has 0 aromatic heterocycles. The predicted molar refractivity (Wildman–Crippen MR) is 77.7 cm³/mol. The molecule has 0 bridgehead atoms. The number of nitrogens with one attached hydrogen (secondary N) is 2. The van der Waals surface area contributed by atoms with Crippen LogP contribution in [0, 0.1) is 0 Å². The number of nitrogens with zero attached hydrogens (tertiary/aromatic N) is 1. The monoisotopic (exact) mass is 289 g/mol. The molecule has 0 aromatic rings. The number of fused-ring (bicyclic) bond motifs is 1. The Morgan fingerprint density at radius 2 is 2.05 bits per heavy atom. The van der Waals surface area contributed by atoms with Gasteiger partial charge in [0.1, 0.15) is 0 Å². The molecule has 0 aromatic carbocycles. The Morgan fingerprint density at radius 1 is 1.26 bits per heavy atom. The van der Waals surface area contributed by atoms with Crippen molar-refractivity contribution in [2.24, 2.45) is 0 Å². The average Bonchev–Trinajstić information content (AvgIpc) is 2.79. The largest absolute Gasteiger partial charge is 0.316 e. The zero-order valence-corrected chi connectivity index (χ0v) is 12.9. The molecule has 3 atom stereocenters. The van der Waals surface area contributed by atoms with E-state index < -0.39 is 10.0 Å². The van der Waals surface area contributed by atoms with Crippen molar-refractivity contribution in [3.05, 3.63) is 0 Å². The van der Waals surface area contributed by atoms with Gasteiger partial charge in [0.2, 0.25) is 10.0 Å². The summed E-state index contributed by atoms with van der Waals surface area (Å²) in [7, 11) is -3.21. The first-order valence-corrected chi connectivity index (χ1v) is 9.05. The van der Waals surface area contributed by atoms with E-state index >= 15 is 0 Å². The van der Waals surface area contributed by atoms with Crippen LogP contribution in [0.4, 0.5) is 0 Å². The van der Waals surface area contributed by atoms with Crippen molar-refractivity contribution in [3.8, 4) is 0 Å². The van der Waals surface area contributed by atoms with E-state index in [9.17, 15) is 8.42 Å². The number of sulfonamides is 1. The minimum atomic E-state index is -3.21. The minimum absolute atomic E-state index is 0.120. The average molecular weight is 289 g/mol. The quantitative estimate of drug-likeness (QED) is 0.749. The lowest BCUT2D eigenvalue weighted by molar-refractivity contribution is 0.186. The van der Waals surface area contributed by atoms with Gasteiger partial charge in [-0.2, -0.15) is 0 Å². The fourth-order valence-electron chi connectivity index (χ4n) is 3.17. The Labute approximate surface area is 117 Å². The maximum Gasteiger partial charge on any atom is 0.215 e. The molecule has 6 heteroatoms. The first kappa shape index (κ1) is 15.2. The third kappa shape index (κ3) is 3.68. The Morgan fingerprint density at radius 3 is 2.79 bits per heavy atom. The van der Waals surface area contributed by atoms with Gasteiger partial charge in [-0.3, -0.25) is 4.90 Å². The fraction of sp³-hybridized carbons (Fsp3) is 1.00. The second-order valence-electron chi connectivity index (χ2n) is 5.78. The molecule has 5 nitrogen and oxygen atoms in total. The van der Waals surface area contributed by atoms with Crippen LogP contribution in [-0.4, -0.2) is 56.8 Å². The lowest BCUT2D eigenvalue weighted by Crippen LogP contribution is -2.49. The van der Waals surface area contributed by atoms with Gasteiger partial charge in [0, 0.05) is 25.2 Å². The normalized spacial score (nSPS) is 30.2. The molecule has 0 saturated carbocycles. The molecule has 3 unspecified atom stereocenters. The predicted octanol–water partition coefficient (Wildman–Crippen LogP) is 0.531. The van der Waals surface area contributed by atoms with Gasteiger partial charge in [0.05, 0.1) is 5.25 Å². The SMILES string of the molecule is CCNCC(C)S(=O)(=O)NC1CCN2CCCCC12. The maximum atomic E-state index is 12.3. The van der Waals surface area contributed by atoms with E-state index in [1.54, 1.807) is 6.92 Å². The van der Waals surface area contributed by atoms with Gasteiger partial charge >= 0.3 is 0 Å². The van der Waals surface area contributed by atoms with E-state index in [1.165, 1.54) is 12.8 Å². The Bertz CT molecular complexity index is 385. The van der Waals surface area contributed by atoms with Crippen molar-refractivity contribution in [1.82, 2.24) is 14.9 Å². The van der Waals surface area contributed by atoms with Crippen molar-refractivity contribution in [1.29, 1.82) is 0 Å². The van der Waals surface area contributed by atoms with Crippen LogP contribution in [0.2, 0.25) is 0 Å². The lowest BCUT2D eigenvalue weighted by atomic mass is 10.00. The second kappa shape index (κ2) is 6.52. The molecule has 2 aliphatic rings. The van der Waals surface area contributed by atoms with E-state index in [0.717, 1.165) is 32.5 Å². The minimum Gasteiger partial charge on any atom is -0.316 e. The molecular formula is C13H27N3O2S. The molecule has 2 fully saturated rings. The van der Waals surface area contributed by atoms with Crippen LogP contribution in [0.5, 0.6) is 0 Å². The molecule has 2 aliphatic heterocycles. The molecule has 2 rings (SSSR count). The maximum absolute atomic E-state index is 12.3. The molecule has 2 saturated heterocycles. The zero-order valence-electron chi connectivity index (χ0n) is 12.1. The number of hydrogen-bond acceptors (Lipinski definition) is 4. The summed E-state index contributed by atoms with van der Waals surface area (Å²) in [5.74, 6) is 0. The van der Waals surface area contributed by atoms with Crippen molar-refractivity contribution in [2.45, 2.75) is 56.9 Å². The highest BCUT2D eigenvalue weighted by Crippen LogP contribution is 2.27. The summed E-state index contributed by atoms with van der Waals surface area (Å²) in [4.78, 5) is 2.45. The summed E-state index contributed by atoms with van der Waals surface area (Å²) in [5, 5.41) is 2.74. The number of hydrogen-bond donors (Lipinski definition) is 2. The Hall–Kier alpha value is -0.170. The van der Waals surface area contributed by atoms with Gasteiger partial charge in [0.15, 0.2) is 0 Å². The van der Waals surface area contributed by atoms with Crippen molar-refractivity contribution in [3.63, 3.8) is 0 Å². The highest BCUT2D eigenvalue weighted by atomic mass is 32.2. The van der Waals surface area contributed by atoms with Crippen LogP contribution in [0.25, 0.3) is 0 Å².